The fraction of sp³-hybridized carbons (Fsp3) is 0.125. The molecule has 64 valence electrons. The summed E-state index contributed by atoms with van der Waals surface area (Å²) in [4.78, 5) is 0. The topological polar surface area (TPSA) is 73.1 Å². The highest BCUT2D eigenvalue weighted by Gasteiger charge is 2.05. The van der Waals surface area contributed by atoms with E-state index < -0.39 is 0 Å². The summed E-state index contributed by atoms with van der Waals surface area (Å²) in [5.74, 6) is -0.00565. The number of hydrogen-bond donors (Lipinski definition) is 3. The van der Waals surface area contributed by atoms with Crippen molar-refractivity contribution in [2.75, 3.05) is 0 Å². The van der Waals surface area contributed by atoms with Gasteiger partial charge in [0.15, 0.2) is 0 Å². The van der Waals surface area contributed by atoms with Crippen molar-refractivity contribution in [3.63, 3.8) is 0 Å². The van der Waals surface area contributed by atoms with E-state index in [-0.39, 0.29) is 17.2 Å². The van der Waals surface area contributed by atoms with E-state index in [4.69, 9.17) is 10.3 Å². The van der Waals surface area contributed by atoms with Crippen LogP contribution in [0.5, 0.6) is 11.5 Å². The Morgan fingerprint density at radius 3 is 2.58 bits per heavy atom. The van der Waals surface area contributed by atoms with Gasteiger partial charge in [0.25, 0.3) is 0 Å². The highest BCUT2D eigenvalue weighted by molar-refractivity contribution is 6.00. The van der Waals surface area contributed by atoms with Crippen LogP contribution >= 0.6 is 0 Å². The first-order valence-electron chi connectivity index (χ1n) is 3.36. The fourth-order valence-electron chi connectivity index (χ4n) is 0.868. The maximum Gasteiger partial charge on any atom is 0.125 e. The van der Waals surface area contributed by atoms with E-state index in [0.717, 1.165) is 0 Å². The molecule has 0 unspecified atom stereocenters. The van der Waals surface area contributed by atoms with Crippen molar-refractivity contribution < 1.29 is 15.4 Å². The number of aromatic hydroxyl groups is 2. The van der Waals surface area contributed by atoms with Crippen molar-refractivity contribution in [1.82, 2.24) is 0 Å². The minimum absolute atomic E-state index is 0.0193. The Morgan fingerprint density at radius 2 is 2.00 bits per heavy atom. The zero-order valence-corrected chi connectivity index (χ0v) is 6.52. The van der Waals surface area contributed by atoms with Crippen LogP contribution in [0.1, 0.15) is 12.5 Å². The molecule has 0 fully saturated rings. The van der Waals surface area contributed by atoms with E-state index in [1.54, 1.807) is 0 Å². The fourth-order valence-corrected chi connectivity index (χ4v) is 0.868. The summed E-state index contributed by atoms with van der Waals surface area (Å²) in [5, 5.41) is 29.6. The molecule has 0 heterocycles. The molecule has 0 aliphatic rings. The summed E-state index contributed by atoms with van der Waals surface area (Å²) >= 11 is 0. The van der Waals surface area contributed by atoms with Crippen LogP contribution in [-0.2, 0) is 0 Å². The van der Waals surface area contributed by atoms with Crippen LogP contribution in [0, 0.1) is 0 Å². The van der Waals surface area contributed by atoms with Crippen molar-refractivity contribution in [2.45, 2.75) is 6.92 Å². The Kier molecular flexibility index (Phi) is 2.19. The molecule has 0 radical (unpaired) electrons. The molecule has 4 nitrogen and oxygen atoms in total. The molecule has 12 heavy (non-hydrogen) atoms. The van der Waals surface area contributed by atoms with Gasteiger partial charge < -0.3 is 15.4 Å². The molecule has 0 aromatic heterocycles. The Labute approximate surface area is 69.4 Å². The Hall–Kier alpha value is -1.71. The van der Waals surface area contributed by atoms with Crippen LogP contribution in [-0.4, -0.2) is 21.1 Å². The zero-order chi connectivity index (χ0) is 9.14. The quantitative estimate of drug-likeness (QED) is 0.255. The van der Waals surface area contributed by atoms with Crippen LogP contribution in [0.3, 0.4) is 0 Å². The second kappa shape index (κ2) is 3.13. The summed E-state index contributed by atoms with van der Waals surface area (Å²) in [6.45, 7) is 1.52. The molecular formula is C8H9NO3. The molecule has 3 N–H and O–H groups in total. The molecular weight excluding hydrogens is 158 g/mol. The predicted molar refractivity (Wildman–Crippen MR) is 43.8 cm³/mol. The first kappa shape index (κ1) is 8.39. The van der Waals surface area contributed by atoms with E-state index in [9.17, 15) is 5.11 Å². The summed E-state index contributed by atoms with van der Waals surface area (Å²) in [6.07, 6.45) is 0. The molecule has 1 aromatic rings. The smallest absolute Gasteiger partial charge is 0.125 e. The van der Waals surface area contributed by atoms with E-state index in [2.05, 4.69) is 5.16 Å². The van der Waals surface area contributed by atoms with Gasteiger partial charge in [-0.3, -0.25) is 0 Å². The van der Waals surface area contributed by atoms with Crippen LogP contribution in [0.4, 0.5) is 0 Å². The molecule has 1 aromatic carbocycles. The number of phenolic OH excluding ortho intramolecular Hbond substituents is 2. The number of hydrogen-bond acceptors (Lipinski definition) is 4. The van der Waals surface area contributed by atoms with Gasteiger partial charge in [-0.15, -0.1) is 0 Å². The third-order valence-corrected chi connectivity index (χ3v) is 1.52. The van der Waals surface area contributed by atoms with Crippen molar-refractivity contribution in [1.29, 1.82) is 0 Å². The Balaban J connectivity index is 3.23. The number of oxime groups is 1. The molecule has 0 saturated carbocycles. The Morgan fingerprint density at radius 1 is 1.33 bits per heavy atom. The maximum absolute atomic E-state index is 9.23. The largest absolute Gasteiger partial charge is 0.508 e. The lowest BCUT2D eigenvalue weighted by atomic mass is 10.1. The lowest BCUT2D eigenvalue weighted by Gasteiger charge is -2.02. The first-order chi connectivity index (χ1) is 5.65. The summed E-state index contributed by atoms with van der Waals surface area (Å²) in [7, 11) is 0. The van der Waals surface area contributed by atoms with Crippen molar-refractivity contribution >= 4 is 5.71 Å². The van der Waals surface area contributed by atoms with E-state index in [1.165, 1.54) is 25.1 Å². The summed E-state index contributed by atoms with van der Waals surface area (Å²) in [6, 6.07) is 4.01. The standard InChI is InChI=1S/C8H9NO3/c1-5(9-12)7-4-6(10)2-3-8(7)11/h2-4,10-12H,1H3/b9-5+. The van der Waals surface area contributed by atoms with Crippen molar-refractivity contribution in [3.05, 3.63) is 23.8 Å². The van der Waals surface area contributed by atoms with Gasteiger partial charge >= 0.3 is 0 Å². The molecule has 0 aliphatic carbocycles. The van der Waals surface area contributed by atoms with Crippen LogP contribution in [0.25, 0.3) is 0 Å². The predicted octanol–water partition coefficient (Wildman–Crippen LogP) is 1.30. The minimum Gasteiger partial charge on any atom is -0.508 e. The molecule has 0 amide bonds. The van der Waals surface area contributed by atoms with Crippen LogP contribution in [0.2, 0.25) is 0 Å². The molecule has 0 bridgehead atoms. The second-order valence-corrected chi connectivity index (χ2v) is 2.39. The zero-order valence-electron chi connectivity index (χ0n) is 6.52. The second-order valence-electron chi connectivity index (χ2n) is 2.39. The molecule has 0 aliphatic heterocycles. The third kappa shape index (κ3) is 1.47. The monoisotopic (exact) mass is 167 g/mol. The van der Waals surface area contributed by atoms with Gasteiger partial charge in [0.05, 0.1) is 5.71 Å². The van der Waals surface area contributed by atoms with E-state index in [1.807, 2.05) is 0 Å². The Bertz CT molecular complexity index is 320. The molecule has 0 atom stereocenters. The van der Waals surface area contributed by atoms with Gasteiger partial charge in [0.1, 0.15) is 11.5 Å². The van der Waals surface area contributed by atoms with Gasteiger partial charge in [0.2, 0.25) is 0 Å². The molecule has 0 spiro atoms. The SMILES string of the molecule is C/C(=N\O)c1cc(O)ccc1O. The number of rotatable bonds is 1. The molecule has 4 heteroatoms. The summed E-state index contributed by atoms with van der Waals surface area (Å²) < 4.78 is 0. The van der Waals surface area contributed by atoms with Crippen LogP contribution in [0.15, 0.2) is 23.4 Å². The lowest BCUT2D eigenvalue weighted by Crippen LogP contribution is -1.94. The summed E-state index contributed by atoms with van der Waals surface area (Å²) in [5.41, 5.74) is 0.570. The number of benzene rings is 1. The van der Waals surface area contributed by atoms with Gasteiger partial charge in [-0.05, 0) is 25.1 Å². The van der Waals surface area contributed by atoms with Crippen LogP contribution < -0.4 is 0 Å². The van der Waals surface area contributed by atoms with Gasteiger partial charge in [-0.25, -0.2) is 0 Å². The molecule has 0 saturated heterocycles. The highest BCUT2D eigenvalue weighted by atomic mass is 16.4. The average molecular weight is 167 g/mol. The number of nitrogens with zero attached hydrogens (tertiary/aromatic N) is 1. The maximum atomic E-state index is 9.23. The van der Waals surface area contributed by atoms with Crippen molar-refractivity contribution in [3.8, 4) is 11.5 Å². The third-order valence-electron chi connectivity index (χ3n) is 1.52. The number of phenols is 2. The minimum atomic E-state index is -0.0249. The first-order valence-corrected chi connectivity index (χ1v) is 3.36. The van der Waals surface area contributed by atoms with Crippen molar-refractivity contribution in [2.24, 2.45) is 5.16 Å². The van der Waals surface area contributed by atoms with E-state index in [0.29, 0.717) is 5.56 Å². The average Bonchev–Trinajstić information content (AvgIpc) is 2.08. The highest BCUT2D eigenvalue weighted by Crippen LogP contribution is 2.22. The molecule has 1 rings (SSSR count). The van der Waals surface area contributed by atoms with Gasteiger partial charge in [-0.2, -0.15) is 0 Å². The van der Waals surface area contributed by atoms with Gasteiger partial charge in [-0.1, -0.05) is 5.16 Å². The normalized spacial score (nSPS) is 11.6. The lowest BCUT2D eigenvalue weighted by molar-refractivity contribution is 0.318. The van der Waals surface area contributed by atoms with Gasteiger partial charge in [0, 0.05) is 5.56 Å². The van der Waals surface area contributed by atoms with E-state index >= 15 is 0 Å².